The molecule has 0 bridgehead atoms. The van der Waals surface area contributed by atoms with Gasteiger partial charge in [0.05, 0.1) is 5.60 Å². The molecule has 0 spiro atoms. The Labute approximate surface area is 298 Å². The molecular formula is C17H10Cl18O. The van der Waals surface area contributed by atoms with Crippen LogP contribution >= 0.6 is 209 Å². The van der Waals surface area contributed by atoms with Crippen LogP contribution in [0.5, 0.6) is 0 Å². The van der Waals surface area contributed by atoms with E-state index >= 15 is 0 Å². The Balaban J connectivity index is 4.15. The molecule has 0 aliphatic carbocycles. The molecule has 36 heavy (non-hydrogen) atoms. The van der Waals surface area contributed by atoms with Gasteiger partial charge in [-0.15, -0.1) is 0 Å². The fraction of sp³-hybridized carbons (Fsp3) is 0.647. The summed E-state index contributed by atoms with van der Waals surface area (Å²) in [5, 5.41) is 11.1. The van der Waals surface area contributed by atoms with Crippen molar-refractivity contribution in [3.8, 4) is 0 Å². The topological polar surface area (TPSA) is 20.2 Å². The smallest absolute Gasteiger partial charge is 0.226 e. The van der Waals surface area contributed by atoms with Gasteiger partial charge < -0.3 is 5.11 Å². The zero-order valence-corrected chi connectivity index (χ0v) is 30.6. The highest BCUT2D eigenvalue weighted by Crippen LogP contribution is 2.68. The van der Waals surface area contributed by atoms with Gasteiger partial charge in [0, 0.05) is 0 Å². The monoisotopic (exact) mass is 860 g/mol. The lowest BCUT2D eigenvalue weighted by molar-refractivity contribution is 0.0758. The molecule has 0 fully saturated rings. The first-order valence-electron chi connectivity index (χ1n) is 8.62. The van der Waals surface area contributed by atoms with Gasteiger partial charge >= 0.3 is 0 Å². The summed E-state index contributed by atoms with van der Waals surface area (Å²) >= 11 is 112. The van der Waals surface area contributed by atoms with Crippen LogP contribution in [0.2, 0.25) is 0 Å². The summed E-state index contributed by atoms with van der Waals surface area (Å²) < 4.78 is -21.0. The van der Waals surface area contributed by atoms with Crippen LogP contribution in [0, 0.1) is 0 Å². The van der Waals surface area contributed by atoms with Gasteiger partial charge in [-0.2, -0.15) is 0 Å². The fourth-order valence-electron chi connectivity index (χ4n) is 2.82. The normalized spacial score (nSPS) is 15.9. The summed E-state index contributed by atoms with van der Waals surface area (Å²) in [4.78, 5) is 0. The van der Waals surface area contributed by atoms with E-state index in [1.165, 1.54) is 32.0 Å². The molecule has 0 aromatic heterocycles. The first kappa shape index (κ1) is 38.4. The first-order chi connectivity index (χ1) is 15.3. The fourth-order valence-corrected chi connectivity index (χ4v) is 7.38. The second-order valence-electron chi connectivity index (χ2n) is 7.73. The molecule has 1 rings (SSSR count). The van der Waals surface area contributed by atoms with Crippen LogP contribution in [0.15, 0.2) is 18.2 Å². The lowest BCUT2D eigenvalue weighted by Crippen LogP contribution is -2.56. The van der Waals surface area contributed by atoms with E-state index in [1.807, 2.05) is 0 Å². The predicted octanol–water partition coefficient (Wildman–Crippen LogP) is 12.6. The van der Waals surface area contributed by atoms with Crippen molar-refractivity contribution in [2.75, 3.05) is 0 Å². The predicted molar refractivity (Wildman–Crippen MR) is 167 cm³/mol. The van der Waals surface area contributed by atoms with Crippen molar-refractivity contribution in [3.05, 3.63) is 34.9 Å². The number of halogens is 18. The molecule has 0 atom stereocenters. The maximum Gasteiger partial charge on any atom is 0.226 e. The van der Waals surface area contributed by atoms with Gasteiger partial charge in [-0.25, -0.2) is 0 Å². The molecule has 0 aliphatic heterocycles. The van der Waals surface area contributed by atoms with Gasteiger partial charge in [0.25, 0.3) is 0 Å². The Morgan fingerprint density at radius 3 is 0.917 bits per heavy atom. The maximum atomic E-state index is 11.1. The van der Waals surface area contributed by atoms with Crippen LogP contribution in [-0.2, 0) is 14.3 Å². The van der Waals surface area contributed by atoms with E-state index in [0.717, 1.165) is 0 Å². The van der Waals surface area contributed by atoms with Crippen molar-refractivity contribution >= 4 is 209 Å². The third-order valence-electron chi connectivity index (χ3n) is 4.64. The van der Waals surface area contributed by atoms with Crippen LogP contribution in [-0.4, -0.2) is 30.0 Å². The summed E-state index contributed by atoms with van der Waals surface area (Å²) in [7, 11) is 0. The van der Waals surface area contributed by atoms with E-state index in [4.69, 9.17) is 209 Å². The van der Waals surface area contributed by atoms with Crippen LogP contribution in [0.1, 0.15) is 30.5 Å². The lowest BCUT2D eigenvalue weighted by Gasteiger charge is -2.47. The highest BCUT2D eigenvalue weighted by Gasteiger charge is 2.71. The standard InChI is InChI=1S/C17H10Cl18O/c1-9(2,36)8-6(10(18,19)12(22,23)14(26,27)16(30,31)32)4-3-5-7(8)11(20,21)13(24,25)15(28,29)17(33,34)35/h3-5,36H,1-2H3. The number of alkyl halides is 18. The molecule has 1 aromatic carbocycles. The SMILES string of the molecule is CC(C)(O)c1c(C(Cl)(Cl)C(Cl)(Cl)C(Cl)(Cl)C(Cl)(Cl)Cl)cccc1C(Cl)(Cl)C(Cl)(Cl)C(Cl)(Cl)C(Cl)(Cl)Cl. The van der Waals surface area contributed by atoms with Crippen molar-refractivity contribution in [1.29, 1.82) is 0 Å². The highest BCUT2D eigenvalue weighted by atomic mass is 35.6. The van der Waals surface area contributed by atoms with Gasteiger partial charge in [0.1, 0.15) is 0 Å². The number of hydrogen-bond donors (Lipinski definition) is 1. The Bertz CT molecular complexity index is 895. The summed E-state index contributed by atoms with van der Waals surface area (Å²) in [5.41, 5.74) is -2.72. The molecular weight excluding hydrogens is 858 g/mol. The van der Waals surface area contributed by atoms with Crippen molar-refractivity contribution in [3.63, 3.8) is 0 Å². The molecule has 0 amide bonds. The van der Waals surface area contributed by atoms with Gasteiger partial charge in [0.15, 0.2) is 17.3 Å². The minimum atomic E-state index is -2.71. The van der Waals surface area contributed by atoms with E-state index < -0.39 is 39.2 Å². The lowest BCUT2D eigenvalue weighted by atomic mass is 9.83. The molecule has 1 N–H and O–H groups in total. The van der Waals surface area contributed by atoms with Crippen molar-refractivity contribution < 1.29 is 5.11 Å². The average Bonchev–Trinajstić information content (AvgIpc) is 2.64. The average molecular weight is 868 g/mol. The molecule has 210 valence electrons. The molecule has 1 nitrogen and oxygen atoms in total. The van der Waals surface area contributed by atoms with E-state index in [2.05, 4.69) is 0 Å². The maximum absolute atomic E-state index is 11.1. The van der Waals surface area contributed by atoms with E-state index in [9.17, 15) is 5.11 Å². The molecule has 19 heteroatoms. The van der Waals surface area contributed by atoms with Crippen LogP contribution < -0.4 is 0 Å². The minimum Gasteiger partial charge on any atom is -0.386 e. The molecule has 0 aliphatic rings. The number of aliphatic hydroxyl groups is 1. The van der Waals surface area contributed by atoms with Crippen molar-refractivity contribution in [1.82, 2.24) is 0 Å². The molecule has 1 aromatic rings. The van der Waals surface area contributed by atoms with Crippen LogP contribution in [0.25, 0.3) is 0 Å². The second kappa shape index (κ2) is 11.7. The van der Waals surface area contributed by atoms with Gasteiger partial charge in [-0.05, 0) is 30.5 Å². The zero-order chi connectivity index (χ0) is 29.4. The highest BCUT2D eigenvalue weighted by molar-refractivity contribution is 6.81. The summed E-state index contributed by atoms with van der Waals surface area (Å²) in [6, 6.07) is 3.82. The Kier molecular flexibility index (Phi) is 12.5. The van der Waals surface area contributed by atoms with Crippen molar-refractivity contribution in [2.45, 2.75) is 53.0 Å². The van der Waals surface area contributed by atoms with E-state index in [0.29, 0.717) is 0 Å². The zero-order valence-electron chi connectivity index (χ0n) is 17.0. The van der Waals surface area contributed by atoms with E-state index in [1.54, 1.807) is 0 Å². The number of benzene rings is 1. The van der Waals surface area contributed by atoms with Crippen molar-refractivity contribution in [2.24, 2.45) is 0 Å². The largest absolute Gasteiger partial charge is 0.386 e. The van der Waals surface area contributed by atoms with Gasteiger partial charge in [0.2, 0.25) is 16.3 Å². The molecule has 0 radical (unpaired) electrons. The third-order valence-corrected chi connectivity index (χ3v) is 15.5. The summed E-state index contributed by atoms with van der Waals surface area (Å²) in [6.45, 7) is 2.56. The Morgan fingerprint density at radius 1 is 0.472 bits per heavy atom. The second-order valence-corrected chi connectivity index (χ2v) is 20.3. The third kappa shape index (κ3) is 6.57. The van der Waals surface area contributed by atoms with Gasteiger partial charge in [-0.3, -0.25) is 0 Å². The minimum absolute atomic E-state index is 0.252. The van der Waals surface area contributed by atoms with Gasteiger partial charge in [-0.1, -0.05) is 227 Å². The molecule has 0 saturated heterocycles. The molecule has 0 unspecified atom stereocenters. The summed E-state index contributed by atoms with van der Waals surface area (Å²) in [5.74, 6) is 0. The number of rotatable bonds is 7. The van der Waals surface area contributed by atoms with Crippen LogP contribution in [0.3, 0.4) is 0 Å². The van der Waals surface area contributed by atoms with E-state index in [-0.39, 0.29) is 16.7 Å². The molecule has 0 saturated carbocycles. The first-order valence-corrected chi connectivity index (χ1v) is 15.4. The Morgan fingerprint density at radius 2 is 0.722 bits per heavy atom. The quantitative estimate of drug-likeness (QED) is 0.271. The summed E-state index contributed by atoms with van der Waals surface area (Å²) in [6.07, 6.45) is 0. The van der Waals surface area contributed by atoms with Crippen LogP contribution in [0.4, 0.5) is 0 Å². The molecule has 0 heterocycles. The Hall–Kier alpha value is 4.40. The number of hydrogen-bond acceptors (Lipinski definition) is 1.